The minimum atomic E-state index is 0.274. The smallest absolute Gasteiger partial charge is 0.0675 e. The summed E-state index contributed by atoms with van der Waals surface area (Å²) in [7, 11) is 0. The molecule has 1 atom stereocenters. The zero-order valence-electron chi connectivity index (χ0n) is 7.76. The van der Waals surface area contributed by atoms with Crippen LogP contribution in [-0.4, -0.2) is 25.3 Å². The van der Waals surface area contributed by atoms with E-state index in [1.165, 1.54) is 0 Å². The summed E-state index contributed by atoms with van der Waals surface area (Å²) >= 11 is 0. The van der Waals surface area contributed by atoms with Gasteiger partial charge in [-0.1, -0.05) is 19.9 Å². The van der Waals surface area contributed by atoms with E-state index >= 15 is 0 Å². The van der Waals surface area contributed by atoms with Crippen molar-refractivity contribution in [1.29, 1.82) is 0 Å². The van der Waals surface area contributed by atoms with E-state index in [4.69, 9.17) is 4.74 Å². The van der Waals surface area contributed by atoms with Crippen molar-refractivity contribution in [3.05, 3.63) is 12.7 Å². The van der Waals surface area contributed by atoms with Gasteiger partial charge in [0, 0.05) is 12.6 Å². The lowest BCUT2D eigenvalue weighted by molar-refractivity contribution is 0.0865. The molecule has 1 N–H and O–H groups in total. The number of rotatable bonds is 6. The molecule has 0 rings (SSSR count). The Kier molecular flexibility index (Phi) is 6.18. The van der Waals surface area contributed by atoms with Gasteiger partial charge in [-0.25, -0.2) is 0 Å². The maximum atomic E-state index is 5.36. The molecule has 1 unspecified atom stereocenters. The van der Waals surface area contributed by atoms with Gasteiger partial charge in [0.1, 0.15) is 0 Å². The lowest BCUT2D eigenvalue weighted by atomic mass is 10.3. The summed E-state index contributed by atoms with van der Waals surface area (Å²) in [6, 6.07) is 0.532. The summed E-state index contributed by atoms with van der Waals surface area (Å²) in [5.74, 6) is 0. The predicted molar refractivity (Wildman–Crippen MR) is 48.7 cm³/mol. The maximum absolute atomic E-state index is 5.36. The van der Waals surface area contributed by atoms with Crippen molar-refractivity contribution < 1.29 is 4.74 Å². The maximum Gasteiger partial charge on any atom is 0.0675 e. The van der Waals surface area contributed by atoms with Crippen LogP contribution >= 0.6 is 0 Å². The molecule has 0 saturated heterocycles. The zero-order chi connectivity index (χ0) is 8.69. The first kappa shape index (κ1) is 10.7. The number of hydrogen-bond acceptors (Lipinski definition) is 2. The van der Waals surface area contributed by atoms with Crippen molar-refractivity contribution in [1.82, 2.24) is 5.32 Å². The van der Waals surface area contributed by atoms with Crippen LogP contribution in [0.4, 0.5) is 0 Å². The molecular weight excluding hydrogens is 138 g/mol. The summed E-state index contributed by atoms with van der Waals surface area (Å²) < 4.78 is 5.36. The summed E-state index contributed by atoms with van der Waals surface area (Å²) in [4.78, 5) is 0. The number of hydrogen-bond donors (Lipinski definition) is 1. The third kappa shape index (κ3) is 7.56. The van der Waals surface area contributed by atoms with E-state index < -0.39 is 0 Å². The van der Waals surface area contributed by atoms with Crippen LogP contribution in [0.25, 0.3) is 0 Å². The van der Waals surface area contributed by atoms with Crippen LogP contribution in [0.15, 0.2) is 12.7 Å². The molecule has 0 aromatic heterocycles. The van der Waals surface area contributed by atoms with E-state index in [2.05, 4.69) is 32.7 Å². The Labute approximate surface area is 69.6 Å². The van der Waals surface area contributed by atoms with Crippen LogP contribution in [0.2, 0.25) is 0 Å². The summed E-state index contributed by atoms with van der Waals surface area (Å²) in [6.45, 7) is 11.4. The minimum absolute atomic E-state index is 0.274. The molecule has 66 valence electrons. The van der Waals surface area contributed by atoms with Gasteiger partial charge >= 0.3 is 0 Å². The molecular formula is C9H19NO. The van der Waals surface area contributed by atoms with E-state index in [0.29, 0.717) is 12.6 Å². The second-order valence-corrected chi connectivity index (χ2v) is 3.00. The highest BCUT2D eigenvalue weighted by molar-refractivity contribution is 4.66. The van der Waals surface area contributed by atoms with Crippen molar-refractivity contribution in [2.24, 2.45) is 0 Å². The van der Waals surface area contributed by atoms with Crippen molar-refractivity contribution in [2.75, 3.05) is 13.2 Å². The highest BCUT2D eigenvalue weighted by atomic mass is 16.5. The summed E-state index contributed by atoms with van der Waals surface area (Å²) in [5, 5.41) is 3.29. The first-order valence-corrected chi connectivity index (χ1v) is 4.12. The Morgan fingerprint density at radius 2 is 2.09 bits per heavy atom. The molecule has 0 bridgehead atoms. The number of ether oxygens (including phenoxy) is 1. The molecule has 2 nitrogen and oxygen atoms in total. The Balaban J connectivity index is 3.21. The van der Waals surface area contributed by atoms with Crippen LogP contribution < -0.4 is 5.32 Å². The molecule has 0 aliphatic heterocycles. The number of nitrogens with one attached hydrogen (secondary N) is 1. The zero-order valence-corrected chi connectivity index (χ0v) is 7.76. The van der Waals surface area contributed by atoms with Crippen molar-refractivity contribution in [3.63, 3.8) is 0 Å². The average Bonchev–Trinajstić information content (AvgIpc) is 1.97. The van der Waals surface area contributed by atoms with E-state index in [9.17, 15) is 0 Å². The van der Waals surface area contributed by atoms with E-state index in [1.54, 1.807) is 6.08 Å². The predicted octanol–water partition coefficient (Wildman–Crippen LogP) is 1.58. The quantitative estimate of drug-likeness (QED) is 0.591. The Hall–Kier alpha value is -0.340. The van der Waals surface area contributed by atoms with Crippen LogP contribution in [-0.2, 0) is 4.74 Å². The van der Waals surface area contributed by atoms with Gasteiger partial charge in [0.15, 0.2) is 0 Å². The topological polar surface area (TPSA) is 21.3 Å². The minimum Gasteiger partial charge on any atom is -0.373 e. The molecule has 0 spiro atoms. The van der Waals surface area contributed by atoms with Crippen LogP contribution in [0.1, 0.15) is 20.8 Å². The second-order valence-electron chi connectivity index (χ2n) is 3.00. The van der Waals surface area contributed by atoms with Crippen LogP contribution in [0.3, 0.4) is 0 Å². The van der Waals surface area contributed by atoms with E-state index in [1.807, 2.05) is 0 Å². The molecule has 0 aliphatic carbocycles. The largest absolute Gasteiger partial charge is 0.373 e. The van der Waals surface area contributed by atoms with Gasteiger partial charge in [0.05, 0.1) is 12.7 Å². The van der Waals surface area contributed by atoms with Gasteiger partial charge in [-0.05, 0) is 6.92 Å². The average molecular weight is 157 g/mol. The fraction of sp³-hybridized carbons (Fsp3) is 0.778. The fourth-order valence-electron chi connectivity index (χ4n) is 0.693. The molecule has 0 aliphatic rings. The molecule has 0 aromatic rings. The van der Waals surface area contributed by atoms with Crippen molar-refractivity contribution >= 4 is 0 Å². The molecule has 0 fully saturated rings. The van der Waals surface area contributed by atoms with Gasteiger partial charge in [0.25, 0.3) is 0 Å². The molecule has 0 aromatic carbocycles. The third-order valence-electron chi connectivity index (χ3n) is 1.31. The van der Waals surface area contributed by atoms with Gasteiger partial charge in [-0.3, -0.25) is 0 Å². The molecule has 11 heavy (non-hydrogen) atoms. The van der Waals surface area contributed by atoms with E-state index in [0.717, 1.165) is 6.54 Å². The Morgan fingerprint density at radius 3 is 2.55 bits per heavy atom. The highest BCUT2D eigenvalue weighted by Gasteiger charge is 2.00. The SMILES string of the molecule is C=CCOC(C)CNC(C)C. The van der Waals surface area contributed by atoms with Crippen LogP contribution in [0.5, 0.6) is 0 Å². The highest BCUT2D eigenvalue weighted by Crippen LogP contribution is 1.89. The first-order valence-electron chi connectivity index (χ1n) is 4.12. The van der Waals surface area contributed by atoms with E-state index in [-0.39, 0.29) is 6.10 Å². The van der Waals surface area contributed by atoms with Gasteiger partial charge < -0.3 is 10.1 Å². The van der Waals surface area contributed by atoms with Gasteiger partial charge in [-0.15, -0.1) is 6.58 Å². The van der Waals surface area contributed by atoms with Gasteiger partial charge in [-0.2, -0.15) is 0 Å². The third-order valence-corrected chi connectivity index (χ3v) is 1.31. The standard InChI is InChI=1S/C9H19NO/c1-5-6-11-9(4)7-10-8(2)3/h5,8-10H,1,6-7H2,2-4H3. The lowest BCUT2D eigenvalue weighted by Crippen LogP contribution is -2.31. The van der Waals surface area contributed by atoms with Crippen molar-refractivity contribution in [2.45, 2.75) is 32.9 Å². The molecule has 0 radical (unpaired) electrons. The molecule has 2 heteroatoms. The lowest BCUT2D eigenvalue weighted by Gasteiger charge is -2.14. The summed E-state index contributed by atoms with van der Waals surface area (Å²) in [6.07, 6.45) is 2.04. The Bertz CT molecular complexity index is 102. The Morgan fingerprint density at radius 1 is 1.45 bits per heavy atom. The van der Waals surface area contributed by atoms with Crippen LogP contribution in [0, 0.1) is 0 Å². The molecule has 0 heterocycles. The van der Waals surface area contributed by atoms with Crippen molar-refractivity contribution in [3.8, 4) is 0 Å². The molecule has 0 amide bonds. The monoisotopic (exact) mass is 157 g/mol. The normalized spacial score (nSPS) is 13.5. The molecule has 0 saturated carbocycles. The fourth-order valence-corrected chi connectivity index (χ4v) is 0.693. The summed E-state index contributed by atoms with van der Waals surface area (Å²) in [5.41, 5.74) is 0. The first-order chi connectivity index (χ1) is 5.16. The second kappa shape index (κ2) is 6.38. The van der Waals surface area contributed by atoms with Gasteiger partial charge in [0.2, 0.25) is 0 Å².